The molecule has 1 aromatic carbocycles. The second kappa shape index (κ2) is 9.10. The highest BCUT2D eigenvalue weighted by Gasteiger charge is 2.10. The number of carbonyl (C=O) groups excluding carboxylic acids is 1. The molecule has 1 amide bonds. The maximum absolute atomic E-state index is 12.2. The van der Waals surface area contributed by atoms with Crippen LogP contribution >= 0.6 is 11.3 Å². The molecule has 0 atom stereocenters. The summed E-state index contributed by atoms with van der Waals surface area (Å²) in [5.74, 6) is 0.509. The molecule has 26 heavy (non-hydrogen) atoms. The van der Waals surface area contributed by atoms with E-state index >= 15 is 0 Å². The summed E-state index contributed by atoms with van der Waals surface area (Å²) in [6.07, 6.45) is 2.86. The molecule has 0 bridgehead atoms. The van der Waals surface area contributed by atoms with Gasteiger partial charge < -0.3 is 10.1 Å². The lowest BCUT2D eigenvalue weighted by Crippen LogP contribution is -2.25. The molecule has 134 valence electrons. The molecule has 0 saturated heterocycles. The fraction of sp³-hybridized carbons (Fsp3) is 0.250. The highest BCUT2D eigenvalue weighted by molar-refractivity contribution is 7.13. The number of ether oxygens (including phenoxy) is 1. The van der Waals surface area contributed by atoms with Gasteiger partial charge in [0, 0.05) is 29.2 Å². The Hall–Kier alpha value is -2.73. The van der Waals surface area contributed by atoms with Crippen molar-refractivity contribution in [1.82, 2.24) is 15.3 Å². The molecule has 0 aliphatic heterocycles. The van der Waals surface area contributed by atoms with Crippen molar-refractivity contribution in [2.45, 2.75) is 26.3 Å². The first-order chi connectivity index (χ1) is 12.8. The molecule has 6 heteroatoms. The van der Waals surface area contributed by atoms with Crippen LogP contribution in [0.3, 0.4) is 0 Å². The summed E-state index contributed by atoms with van der Waals surface area (Å²) in [4.78, 5) is 21.0. The van der Waals surface area contributed by atoms with Gasteiger partial charge in [-0.3, -0.25) is 4.79 Å². The first kappa shape index (κ1) is 18.1. The first-order valence-corrected chi connectivity index (χ1v) is 9.47. The number of pyridine rings is 1. The average molecular weight is 367 g/mol. The second-order valence-electron chi connectivity index (χ2n) is 5.78. The molecule has 0 aliphatic carbocycles. The van der Waals surface area contributed by atoms with Crippen LogP contribution in [0, 0.1) is 0 Å². The lowest BCUT2D eigenvalue weighted by Gasteiger charge is -2.10. The Morgan fingerprint density at radius 1 is 1.19 bits per heavy atom. The van der Waals surface area contributed by atoms with E-state index in [0.29, 0.717) is 19.0 Å². The SMILES string of the molecule is CCCOc1ncccc1CNC(=O)Cc1csc(-c2ccccc2)n1. The molecule has 1 N–H and O–H groups in total. The molecule has 3 rings (SSSR count). The van der Waals surface area contributed by atoms with Crippen LogP contribution in [0.5, 0.6) is 5.88 Å². The van der Waals surface area contributed by atoms with Crippen molar-refractivity contribution < 1.29 is 9.53 Å². The number of thiazole rings is 1. The summed E-state index contributed by atoms with van der Waals surface area (Å²) in [5.41, 5.74) is 2.72. The number of hydrogen-bond acceptors (Lipinski definition) is 5. The van der Waals surface area contributed by atoms with Crippen molar-refractivity contribution >= 4 is 17.2 Å². The standard InChI is InChI=1S/C20H21N3O2S/c1-2-11-25-19-16(9-6-10-21-19)13-22-18(24)12-17-14-26-20(23-17)15-7-4-3-5-8-15/h3-10,14H,2,11-13H2,1H3,(H,22,24). The quantitative estimate of drug-likeness (QED) is 0.657. The van der Waals surface area contributed by atoms with Crippen molar-refractivity contribution in [3.63, 3.8) is 0 Å². The van der Waals surface area contributed by atoms with E-state index in [9.17, 15) is 4.79 Å². The van der Waals surface area contributed by atoms with E-state index in [-0.39, 0.29) is 12.3 Å². The highest BCUT2D eigenvalue weighted by Crippen LogP contribution is 2.23. The Labute approximate surface area is 157 Å². The minimum absolute atomic E-state index is 0.0693. The maximum Gasteiger partial charge on any atom is 0.226 e. The molecule has 0 spiro atoms. The first-order valence-electron chi connectivity index (χ1n) is 8.59. The molecule has 2 aromatic heterocycles. The molecule has 0 fully saturated rings. The molecule has 3 aromatic rings. The van der Waals surface area contributed by atoms with Gasteiger partial charge in [0.15, 0.2) is 0 Å². The highest BCUT2D eigenvalue weighted by atomic mass is 32.1. The minimum atomic E-state index is -0.0693. The largest absolute Gasteiger partial charge is 0.477 e. The van der Waals surface area contributed by atoms with Crippen LogP contribution in [0.2, 0.25) is 0 Å². The molecular formula is C20H21N3O2S. The van der Waals surface area contributed by atoms with Crippen LogP contribution in [-0.2, 0) is 17.8 Å². The van der Waals surface area contributed by atoms with Gasteiger partial charge in [-0.15, -0.1) is 11.3 Å². The smallest absolute Gasteiger partial charge is 0.226 e. The third-order valence-corrected chi connectivity index (χ3v) is 4.62. The molecule has 0 unspecified atom stereocenters. The van der Waals surface area contributed by atoms with E-state index in [1.807, 2.05) is 54.8 Å². The number of carbonyl (C=O) groups is 1. The van der Waals surface area contributed by atoms with Gasteiger partial charge in [-0.2, -0.15) is 0 Å². The number of benzene rings is 1. The molecule has 0 aliphatic rings. The van der Waals surface area contributed by atoms with Gasteiger partial charge in [0.1, 0.15) is 5.01 Å². The number of nitrogens with one attached hydrogen (secondary N) is 1. The monoisotopic (exact) mass is 367 g/mol. The van der Waals surface area contributed by atoms with Crippen molar-refractivity contribution in [3.8, 4) is 16.5 Å². The van der Waals surface area contributed by atoms with E-state index in [4.69, 9.17) is 4.74 Å². The van der Waals surface area contributed by atoms with Gasteiger partial charge in [-0.1, -0.05) is 43.3 Å². The van der Waals surface area contributed by atoms with Crippen LogP contribution in [-0.4, -0.2) is 22.5 Å². The van der Waals surface area contributed by atoms with Gasteiger partial charge in [-0.05, 0) is 12.5 Å². The maximum atomic E-state index is 12.2. The Kier molecular flexibility index (Phi) is 6.33. The average Bonchev–Trinajstić information content (AvgIpc) is 3.14. The summed E-state index contributed by atoms with van der Waals surface area (Å²) in [6.45, 7) is 3.04. The summed E-state index contributed by atoms with van der Waals surface area (Å²) < 4.78 is 5.62. The lowest BCUT2D eigenvalue weighted by molar-refractivity contribution is -0.120. The molecule has 0 saturated carbocycles. The number of nitrogens with zero attached hydrogens (tertiary/aromatic N) is 2. The molecular weight excluding hydrogens is 346 g/mol. The van der Waals surface area contributed by atoms with E-state index in [1.165, 1.54) is 0 Å². The number of aromatic nitrogens is 2. The molecule has 2 heterocycles. The van der Waals surface area contributed by atoms with Gasteiger partial charge >= 0.3 is 0 Å². The second-order valence-corrected chi connectivity index (χ2v) is 6.64. The Balaban J connectivity index is 1.56. The summed E-state index contributed by atoms with van der Waals surface area (Å²) in [6, 6.07) is 13.7. The van der Waals surface area contributed by atoms with Gasteiger partial charge in [0.05, 0.1) is 18.7 Å². The van der Waals surface area contributed by atoms with Crippen LogP contribution < -0.4 is 10.1 Å². The Morgan fingerprint density at radius 2 is 2.04 bits per heavy atom. The van der Waals surface area contributed by atoms with Gasteiger partial charge in [-0.25, -0.2) is 9.97 Å². The number of hydrogen-bond donors (Lipinski definition) is 1. The number of rotatable bonds is 8. The third kappa shape index (κ3) is 4.89. The topological polar surface area (TPSA) is 64.1 Å². The zero-order chi connectivity index (χ0) is 18.2. The predicted molar refractivity (Wildman–Crippen MR) is 103 cm³/mol. The molecule has 0 radical (unpaired) electrons. The van der Waals surface area contributed by atoms with Crippen LogP contribution in [0.4, 0.5) is 0 Å². The predicted octanol–water partition coefficient (Wildman–Crippen LogP) is 3.85. The van der Waals surface area contributed by atoms with Crippen molar-refractivity contribution in [3.05, 3.63) is 65.3 Å². The van der Waals surface area contributed by atoms with Crippen molar-refractivity contribution in [2.24, 2.45) is 0 Å². The van der Waals surface area contributed by atoms with E-state index in [2.05, 4.69) is 15.3 Å². The fourth-order valence-electron chi connectivity index (χ4n) is 2.41. The van der Waals surface area contributed by atoms with E-state index in [1.54, 1.807) is 17.5 Å². The fourth-order valence-corrected chi connectivity index (χ4v) is 3.24. The molecule has 5 nitrogen and oxygen atoms in total. The van der Waals surface area contributed by atoms with Crippen LogP contribution in [0.1, 0.15) is 24.6 Å². The van der Waals surface area contributed by atoms with Gasteiger partial charge in [0.2, 0.25) is 11.8 Å². The third-order valence-electron chi connectivity index (χ3n) is 3.68. The lowest BCUT2D eigenvalue weighted by atomic mass is 10.2. The number of amides is 1. The minimum Gasteiger partial charge on any atom is -0.477 e. The Morgan fingerprint density at radius 3 is 2.85 bits per heavy atom. The van der Waals surface area contributed by atoms with Crippen molar-refractivity contribution in [1.29, 1.82) is 0 Å². The summed E-state index contributed by atoms with van der Waals surface area (Å²) in [7, 11) is 0. The zero-order valence-corrected chi connectivity index (χ0v) is 15.5. The van der Waals surface area contributed by atoms with E-state index < -0.39 is 0 Å². The summed E-state index contributed by atoms with van der Waals surface area (Å²) in [5, 5.41) is 5.78. The normalized spacial score (nSPS) is 10.5. The van der Waals surface area contributed by atoms with E-state index in [0.717, 1.165) is 28.2 Å². The Bertz CT molecular complexity index is 849. The van der Waals surface area contributed by atoms with Gasteiger partial charge in [0.25, 0.3) is 0 Å². The zero-order valence-electron chi connectivity index (χ0n) is 14.6. The van der Waals surface area contributed by atoms with Crippen molar-refractivity contribution in [2.75, 3.05) is 6.61 Å². The van der Waals surface area contributed by atoms with Crippen LogP contribution in [0.15, 0.2) is 54.0 Å². The summed E-state index contributed by atoms with van der Waals surface area (Å²) >= 11 is 1.55. The van der Waals surface area contributed by atoms with Crippen LogP contribution in [0.25, 0.3) is 10.6 Å².